The van der Waals surface area contributed by atoms with E-state index in [1.807, 2.05) is 0 Å². The first-order valence-corrected chi connectivity index (χ1v) is 7.73. The maximum Gasteiger partial charge on any atom is 0.313 e. The maximum atomic E-state index is 12.2. The van der Waals surface area contributed by atoms with Gasteiger partial charge in [0, 0.05) is 11.9 Å². The second-order valence-corrected chi connectivity index (χ2v) is 5.59. The van der Waals surface area contributed by atoms with Gasteiger partial charge in [-0.2, -0.15) is 0 Å². The van der Waals surface area contributed by atoms with E-state index < -0.39 is 12.0 Å². The van der Waals surface area contributed by atoms with Crippen LogP contribution >= 0.6 is 11.6 Å². The van der Waals surface area contributed by atoms with Crippen LogP contribution in [0.15, 0.2) is 48.5 Å². The molecule has 126 valence electrons. The molecule has 1 atom stereocenters. The molecule has 0 fully saturated rings. The average Bonchev–Trinajstić information content (AvgIpc) is 2.56. The van der Waals surface area contributed by atoms with Crippen molar-refractivity contribution in [1.82, 2.24) is 5.32 Å². The third-order valence-corrected chi connectivity index (χ3v) is 3.56. The van der Waals surface area contributed by atoms with Crippen LogP contribution in [0.5, 0.6) is 11.5 Å². The van der Waals surface area contributed by atoms with Gasteiger partial charge in [-0.3, -0.25) is 9.59 Å². The molecule has 0 aromatic heterocycles. The summed E-state index contributed by atoms with van der Waals surface area (Å²) in [5.41, 5.74) is 0.791. The van der Waals surface area contributed by atoms with E-state index in [4.69, 9.17) is 21.1 Å². The highest BCUT2D eigenvalue weighted by molar-refractivity contribution is 6.30. The molecule has 0 saturated heterocycles. The first kappa shape index (κ1) is 17.8. The summed E-state index contributed by atoms with van der Waals surface area (Å²) in [5.74, 6) is 0.423. The molecule has 0 aliphatic rings. The number of esters is 1. The lowest BCUT2D eigenvalue weighted by atomic mass is 10.0. The molecule has 0 heterocycles. The van der Waals surface area contributed by atoms with Crippen molar-refractivity contribution in [3.8, 4) is 11.5 Å². The van der Waals surface area contributed by atoms with Gasteiger partial charge >= 0.3 is 5.97 Å². The minimum atomic E-state index is -0.479. The Balaban J connectivity index is 2.08. The lowest BCUT2D eigenvalue weighted by Crippen LogP contribution is -2.29. The van der Waals surface area contributed by atoms with E-state index in [0.29, 0.717) is 16.5 Å². The maximum absolute atomic E-state index is 12.2. The van der Waals surface area contributed by atoms with Crippen LogP contribution in [0.3, 0.4) is 0 Å². The lowest BCUT2D eigenvalue weighted by molar-refractivity contribution is -0.135. The summed E-state index contributed by atoms with van der Waals surface area (Å²) in [6.07, 6.45) is 0.00847. The fourth-order valence-corrected chi connectivity index (χ4v) is 2.30. The molecule has 0 aliphatic heterocycles. The number of halogens is 1. The summed E-state index contributed by atoms with van der Waals surface area (Å²) in [6, 6.07) is 13.2. The van der Waals surface area contributed by atoms with Crippen molar-refractivity contribution >= 4 is 23.5 Å². The highest BCUT2D eigenvalue weighted by Crippen LogP contribution is 2.22. The topological polar surface area (TPSA) is 64.6 Å². The van der Waals surface area contributed by atoms with Crippen LogP contribution in [0.2, 0.25) is 5.02 Å². The Bertz CT molecular complexity index is 698. The zero-order chi connectivity index (χ0) is 17.5. The molecular formula is C18H18ClNO4. The third-order valence-electron chi connectivity index (χ3n) is 3.31. The van der Waals surface area contributed by atoms with Crippen LogP contribution in [0, 0.1) is 0 Å². The number of nitrogens with one attached hydrogen (secondary N) is 1. The number of carbonyl (C=O) groups excluding carboxylic acids is 2. The molecule has 2 aromatic rings. The minimum Gasteiger partial charge on any atom is -0.497 e. The quantitative estimate of drug-likeness (QED) is 0.641. The number of hydrogen-bond donors (Lipinski definition) is 1. The molecule has 6 heteroatoms. The van der Waals surface area contributed by atoms with E-state index in [1.54, 1.807) is 55.6 Å². The van der Waals surface area contributed by atoms with E-state index in [-0.39, 0.29) is 12.3 Å². The van der Waals surface area contributed by atoms with Crippen molar-refractivity contribution in [2.75, 3.05) is 7.11 Å². The zero-order valence-electron chi connectivity index (χ0n) is 13.4. The van der Waals surface area contributed by atoms with Gasteiger partial charge in [0.1, 0.15) is 11.5 Å². The van der Waals surface area contributed by atoms with Crippen LogP contribution in [-0.2, 0) is 9.59 Å². The summed E-state index contributed by atoms with van der Waals surface area (Å²) in [4.78, 5) is 23.6. The monoisotopic (exact) mass is 347 g/mol. The molecular weight excluding hydrogens is 330 g/mol. The number of methoxy groups -OCH3 is 1. The summed E-state index contributed by atoms with van der Waals surface area (Å²) in [7, 11) is 1.57. The number of hydrogen-bond acceptors (Lipinski definition) is 4. The molecule has 2 aromatic carbocycles. The van der Waals surface area contributed by atoms with Gasteiger partial charge in [0.05, 0.1) is 19.6 Å². The van der Waals surface area contributed by atoms with Crippen LogP contribution in [-0.4, -0.2) is 19.0 Å². The summed E-state index contributed by atoms with van der Waals surface area (Å²) in [6.45, 7) is 1.40. The van der Waals surface area contributed by atoms with Crippen molar-refractivity contribution < 1.29 is 19.1 Å². The number of amides is 1. The van der Waals surface area contributed by atoms with Crippen molar-refractivity contribution in [2.24, 2.45) is 0 Å². The van der Waals surface area contributed by atoms with Gasteiger partial charge in [-0.1, -0.05) is 23.7 Å². The predicted octanol–water partition coefficient (Wildman–Crippen LogP) is 3.52. The Morgan fingerprint density at radius 3 is 2.17 bits per heavy atom. The molecule has 2 rings (SSSR count). The van der Waals surface area contributed by atoms with Crippen LogP contribution in [0.25, 0.3) is 0 Å². The van der Waals surface area contributed by atoms with E-state index in [9.17, 15) is 9.59 Å². The van der Waals surface area contributed by atoms with Gasteiger partial charge in [-0.05, 0) is 42.0 Å². The molecule has 0 aliphatic carbocycles. The van der Waals surface area contributed by atoms with Gasteiger partial charge in [0.2, 0.25) is 5.91 Å². The van der Waals surface area contributed by atoms with Crippen LogP contribution in [0.1, 0.15) is 24.9 Å². The van der Waals surface area contributed by atoms with E-state index in [2.05, 4.69) is 5.32 Å². The molecule has 1 unspecified atom stereocenters. The largest absolute Gasteiger partial charge is 0.497 e. The summed E-state index contributed by atoms with van der Waals surface area (Å²) < 4.78 is 10.4. The van der Waals surface area contributed by atoms with Crippen LogP contribution < -0.4 is 14.8 Å². The smallest absolute Gasteiger partial charge is 0.313 e. The number of benzene rings is 2. The van der Waals surface area contributed by atoms with Crippen molar-refractivity contribution in [3.05, 3.63) is 59.1 Å². The van der Waals surface area contributed by atoms with Crippen LogP contribution in [0.4, 0.5) is 0 Å². The minimum absolute atomic E-state index is 0.00847. The third kappa shape index (κ3) is 5.28. The number of rotatable bonds is 6. The van der Waals surface area contributed by atoms with Gasteiger partial charge in [0.15, 0.2) is 0 Å². The number of ether oxygens (including phenoxy) is 2. The van der Waals surface area contributed by atoms with Gasteiger partial charge < -0.3 is 14.8 Å². The first-order chi connectivity index (χ1) is 11.5. The molecule has 0 radical (unpaired) electrons. The first-order valence-electron chi connectivity index (χ1n) is 7.35. The van der Waals surface area contributed by atoms with E-state index in [0.717, 1.165) is 5.56 Å². The molecule has 0 bridgehead atoms. The highest BCUT2D eigenvalue weighted by Gasteiger charge is 2.18. The molecule has 1 amide bonds. The Hall–Kier alpha value is -2.53. The molecule has 5 nitrogen and oxygen atoms in total. The van der Waals surface area contributed by atoms with Gasteiger partial charge in [0.25, 0.3) is 0 Å². The Morgan fingerprint density at radius 2 is 1.62 bits per heavy atom. The molecule has 24 heavy (non-hydrogen) atoms. The van der Waals surface area contributed by atoms with Crippen molar-refractivity contribution in [3.63, 3.8) is 0 Å². The zero-order valence-corrected chi connectivity index (χ0v) is 14.2. The lowest BCUT2D eigenvalue weighted by Gasteiger charge is -2.18. The van der Waals surface area contributed by atoms with E-state index >= 15 is 0 Å². The van der Waals surface area contributed by atoms with Gasteiger partial charge in [-0.25, -0.2) is 0 Å². The second-order valence-electron chi connectivity index (χ2n) is 5.16. The Kier molecular flexibility index (Phi) is 6.21. The fraction of sp³-hybridized carbons (Fsp3) is 0.222. The normalized spacial score (nSPS) is 11.5. The fourth-order valence-electron chi connectivity index (χ4n) is 2.18. The molecule has 1 N–H and O–H groups in total. The second kappa shape index (κ2) is 8.36. The predicted molar refractivity (Wildman–Crippen MR) is 91.3 cm³/mol. The van der Waals surface area contributed by atoms with Crippen molar-refractivity contribution in [1.29, 1.82) is 0 Å². The molecule has 0 spiro atoms. The van der Waals surface area contributed by atoms with E-state index in [1.165, 1.54) is 6.92 Å². The number of carbonyl (C=O) groups is 2. The average molecular weight is 348 g/mol. The van der Waals surface area contributed by atoms with Gasteiger partial charge in [-0.15, -0.1) is 0 Å². The summed E-state index contributed by atoms with van der Waals surface area (Å²) >= 11 is 5.80. The standard InChI is InChI=1S/C18H18ClNO4/c1-12(21)20-17(13-3-7-15(23-2)8-4-13)11-18(22)24-16-9-5-14(19)6-10-16/h3-10,17H,11H2,1-2H3,(H,20,21). The van der Waals surface area contributed by atoms with Crippen molar-refractivity contribution in [2.45, 2.75) is 19.4 Å². The summed E-state index contributed by atoms with van der Waals surface area (Å²) in [5, 5.41) is 3.32. The Morgan fingerprint density at radius 1 is 1.04 bits per heavy atom. The Labute approximate surface area is 145 Å². The molecule has 0 saturated carbocycles. The SMILES string of the molecule is COc1ccc(C(CC(=O)Oc2ccc(Cl)cc2)NC(C)=O)cc1. The highest BCUT2D eigenvalue weighted by atomic mass is 35.5.